The maximum Gasteiger partial charge on any atom is 0.145 e. The number of nitrogen functional groups attached to an aromatic ring is 1. The summed E-state index contributed by atoms with van der Waals surface area (Å²) in [4.78, 5) is 10.7. The molecule has 2 aliphatic carbocycles. The van der Waals surface area contributed by atoms with Gasteiger partial charge < -0.3 is 25.4 Å². The lowest BCUT2D eigenvalue weighted by molar-refractivity contribution is -0.00310. The fourth-order valence-corrected chi connectivity index (χ4v) is 4.16. The summed E-state index contributed by atoms with van der Waals surface area (Å²) in [7, 11) is 2.12. The molecule has 7 nitrogen and oxygen atoms in total. The Morgan fingerprint density at radius 3 is 2.79 bits per heavy atom. The second-order valence-electron chi connectivity index (χ2n) is 7.29. The number of anilines is 1. The van der Waals surface area contributed by atoms with Crippen molar-refractivity contribution in [2.75, 3.05) is 19.3 Å². The normalized spacial score (nSPS) is 31.0. The van der Waals surface area contributed by atoms with Crippen LogP contribution in [-0.4, -0.2) is 61.5 Å². The number of nitrogens with zero attached hydrogens (tertiary/aromatic N) is 4. The molecule has 2 aromatic heterocycles. The topological polar surface area (TPSA) is 100 Å². The van der Waals surface area contributed by atoms with Gasteiger partial charge in [0.1, 0.15) is 23.9 Å². The van der Waals surface area contributed by atoms with Crippen molar-refractivity contribution in [1.29, 1.82) is 0 Å². The molecule has 24 heavy (non-hydrogen) atoms. The van der Waals surface area contributed by atoms with Crippen molar-refractivity contribution in [1.82, 2.24) is 19.4 Å². The summed E-state index contributed by atoms with van der Waals surface area (Å²) in [6.45, 7) is 0.815. The van der Waals surface area contributed by atoms with Crippen molar-refractivity contribution in [2.24, 2.45) is 5.92 Å². The first-order valence-corrected chi connectivity index (χ1v) is 8.69. The van der Waals surface area contributed by atoms with Crippen LogP contribution in [0.25, 0.3) is 11.0 Å². The number of nitrogens with two attached hydrogens (primary N) is 1. The number of aromatic nitrogens is 3. The van der Waals surface area contributed by atoms with E-state index < -0.39 is 12.2 Å². The van der Waals surface area contributed by atoms with Gasteiger partial charge in [-0.1, -0.05) is 6.42 Å². The van der Waals surface area contributed by atoms with Crippen LogP contribution in [0.15, 0.2) is 18.6 Å². The Morgan fingerprint density at radius 1 is 1.29 bits per heavy atom. The predicted octanol–water partition coefficient (Wildman–Crippen LogP) is 0.781. The summed E-state index contributed by atoms with van der Waals surface area (Å²) in [5.74, 6) is 0.500. The van der Waals surface area contributed by atoms with Crippen LogP contribution in [0.1, 0.15) is 31.7 Å². The zero-order valence-corrected chi connectivity index (χ0v) is 13.9. The van der Waals surface area contributed by atoms with Gasteiger partial charge in [-0.25, -0.2) is 9.97 Å². The van der Waals surface area contributed by atoms with E-state index in [4.69, 9.17) is 5.73 Å². The summed E-state index contributed by atoms with van der Waals surface area (Å²) in [6, 6.07) is 2.32. The molecule has 2 saturated carbocycles. The van der Waals surface area contributed by atoms with Crippen LogP contribution in [0.5, 0.6) is 0 Å². The minimum Gasteiger partial charge on any atom is -0.390 e. The minimum atomic E-state index is -0.795. The van der Waals surface area contributed by atoms with Crippen LogP contribution in [-0.2, 0) is 0 Å². The first kappa shape index (κ1) is 15.8. The van der Waals surface area contributed by atoms with E-state index in [0.29, 0.717) is 17.5 Å². The molecule has 4 rings (SSSR count). The lowest BCUT2D eigenvalue weighted by Crippen LogP contribution is -2.42. The molecule has 4 N–H and O–H groups in total. The van der Waals surface area contributed by atoms with Gasteiger partial charge in [0.2, 0.25) is 0 Å². The van der Waals surface area contributed by atoms with E-state index in [1.807, 2.05) is 16.8 Å². The zero-order chi connectivity index (χ0) is 16.8. The molecule has 0 unspecified atom stereocenters. The quantitative estimate of drug-likeness (QED) is 0.765. The lowest BCUT2D eigenvalue weighted by Gasteiger charge is -2.36. The van der Waals surface area contributed by atoms with Gasteiger partial charge in [0.05, 0.1) is 17.5 Å². The maximum atomic E-state index is 10.6. The van der Waals surface area contributed by atoms with Crippen LogP contribution < -0.4 is 5.73 Å². The van der Waals surface area contributed by atoms with Gasteiger partial charge in [-0.15, -0.1) is 0 Å². The first-order chi connectivity index (χ1) is 11.6. The second kappa shape index (κ2) is 5.98. The molecule has 0 aromatic carbocycles. The highest BCUT2D eigenvalue weighted by molar-refractivity contribution is 5.86. The molecule has 4 atom stereocenters. The Balaban J connectivity index is 1.56. The molecule has 0 bridgehead atoms. The summed E-state index contributed by atoms with van der Waals surface area (Å²) >= 11 is 0. The van der Waals surface area contributed by atoms with Crippen molar-refractivity contribution >= 4 is 16.9 Å². The first-order valence-electron chi connectivity index (χ1n) is 8.69. The van der Waals surface area contributed by atoms with Crippen LogP contribution in [0.4, 0.5) is 5.82 Å². The molecule has 0 aliphatic heterocycles. The maximum absolute atomic E-state index is 10.6. The number of aliphatic hydroxyl groups excluding tert-OH is 2. The molecule has 0 radical (unpaired) electrons. The number of fused-ring (bicyclic) bond motifs is 1. The molecule has 2 aromatic rings. The van der Waals surface area contributed by atoms with E-state index in [0.717, 1.165) is 18.4 Å². The van der Waals surface area contributed by atoms with Gasteiger partial charge >= 0.3 is 0 Å². The van der Waals surface area contributed by atoms with Crippen LogP contribution in [0.2, 0.25) is 0 Å². The number of rotatable bonds is 4. The summed E-state index contributed by atoms with van der Waals surface area (Å²) in [5, 5.41) is 21.9. The van der Waals surface area contributed by atoms with E-state index in [1.54, 1.807) is 0 Å². The number of aliphatic hydroxyl groups is 2. The number of hydrogen-bond acceptors (Lipinski definition) is 6. The van der Waals surface area contributed by atoms with Gasteiger partial charge in [-0.3, -0.25) is 0 Å². The molecule has 0 spiro atoms. The Hall–Kier alpha value is -1.70. The third-order valence-electron chi connectivity index (χ3n) is 5.89. The van der Waals surface area contributed by atoms with Crippen molar-refractivity contribution in [2.45, 2.75) is 50.0 Å². The lowest BCUT2D eigenvalue weighted by atomic mass is 9.91. The molecule has 7 heteroatoms. The molecule has 0 saturated heterocycles. The average molecular weight is 331 g/mol. The molecule has 0 amide bonds. The number of hydrogen-bond donors (Lipinski definition) is 3. The minimum absolute atomic E-state index is 0.0623. The van der Waals surface area contributed by atoms with Gasteiger partial charge in [-0.05, 0) is 32.4 Å². The van der Waals surface area contributed by atoms with Crippen LogP contribution >= 0.6 is 0 Å². The van der Waals surface area contributed by atoms with Crippen LogP contribution in [0, 0.1) is 5.92 Å². The fourth-order valence-electron chi connectivity index (χ4n) is 4.16. The molecule has 2 aliphatic rings. The molecule has 2 heterocycles. The van der Waals surface area contributed by atoms with Crippen molar-refractivity contribution in [3.63, 3.8) is 0 Å². The third-order valence-corrected chi connectivity index (χ3v) is 5.89. The summed E-state index contributed by atoms with van der Waals surface area (Å²) < 4.78 is 1.94. The van der Waals surface area contributed by atoms with E-state index in [1.165, 1.54) is 25.6 Å². The van der Waals surface area contributed by atoms with E-state index in [-0.39, 0.29) is 12.0 Å². The van der Waals surface area contributed by atoms with Crippen molar-refractivity contribution < 1.29 is 10.2 Å². The monoisotopic (exact) mass is 331 g/mol. The molecular weight excluding hydrogens is 306 g/mol. The van der Waals surface area contributed by atoms with Gasteiger partial charge in [0.25, 0.3) is 0 Å². The standard InChI is InChI=1S/C17H25N5O2/c1-21(11-3-2-4-11)8-10-7-13(15(24)14(10)23)22-6-5-12-16(18)19-9-20-17(12)22/h5-6,9-11,13-15,23-24H,2-4,7-8H2,1H3,(H2,18,19,20)/t10-,13-,14-,15+/m1/s1. The Labute approximate surface area is 141 Å². The predicted molar refractivity (Wildman–Crippen MR) is 91.4 cm³/mol. The highest BCUT2D eigenvalue weighted by Gasteiger charge is 2.43. The highest BCUT2D eigenvalue weighted by Crippen LogP contribution is 2.38. The molecule has 2 fully saturated rings. The van der Waals surface area contributed by atoms with E-state index in [9.17, 15) is 10.2 Å². The SMILES string of the molecule is CN(C[C@H]1C[C@@H](n2ccc3c(N)ncnc32)[C@H](O)[C@@H]1O)C1CCC1. The second-order valence-corrected chi connectivity index (χ2v) is 7.29. The molecule has 130 valence electrons. The fraction of sp³-hybridized carbons (Fsp3) is 0.647. The molecular formula is C17H25N5O2. The third kappa shape index (κ3) is 2.47. The van der Waals surface area contributed by atoms with Gasteiger partial charge in [-0.2, -0.15) is 0 Å². The van der Waals surface area contributed by atoms with Crippen molar-refractivity contribution in [3.8, 4) is 0 Å². The van der Waals surface area contributed by atoms with Gasteiger partial charge in [0.15, 0.2) is 0 Å². The zero-order valence-electron chi connectivity index (χ0n) is 13.9. The highest BCUT2D eigenvalue weighted by atomic mass is 16.3. The largest absolute Gasteiger partial charge is 0.390 e. The summed E-state index contributed by atoms with van der Waals surface area (Å²) in [6.07, 6.45) is 6.32. The Morgan fingerprint density at radius 2 is 2.08 bits per heavy atom. The average Bonchev–Trinajstić information content (AvgIpc) is 3.03. The Kier molecular flexibility index (Phi) is 3.94. The smallest absolute Gasteiger partial charge is 0.145 e. The van der Waals surface area contributed by atoms with Crippen molar-refractivity contribution in [3.05, 3.63) is 18.6 Å². The van der Waals surface area contributed by atoms with Gasteiger partial charge in [0, 0.05) is 24.7 Å². The van der Waals surface area contributed by atoms with E-state index >= 15 is 0 Å². The van der Waals surface area contributed by atoms with E-state index in [2.05, 4.69) is 21.9 Å². The summed E-state index contributed by atoms with van der Waals surface area (Å²) in [5.41, 5.74) is 6.61. The van der Waals surface area contributed by atoms with Crippen LogP contribution in [0.3, 0.4) is 0 Å². The Bertz CT molecular complexity index is 729.